The predicted molar refractivity (Wildman–Crippen MR) is 88.1 cm³/mol. The number of rotatable bonds is 1. The lowest BCUT2D eigenvalue weighted by Crippen LogP contribution is -2.39. The number of imidazole rings is 1. The molecule has 4 rings (SSSR count). The zero-order valence-electron chi connectivity index (χ0n) is 13.8. The fourth-order valence-corrected chi connectivity index (χ4v) is 3.49. The number of hydrogen-bond acceptors (Lipinski definition) is 3. The molecule has 5 nitrogen and oxygen atoms in total. The van der Waals surface area contributed by atoms with Gasteiger partial charge in [0, 0.05) is 18.8 Å². The molecule has 0 saturated heterocycles. The second-order valence-electron chi connectivity index (χ2n) is 6.26. The topological polar surface area (TPSA) is 61.9 Å². The average Bonchev–Trinajstić information content (AvgIpc) is 2.95. The fourth-order valence-electron chi connectivity index (χ4n) is 3.49. The summed E-state index contributed by atoms with van der Waals surface area (Å²) in [4.78, 5) is 26.2. The number of hydrogen-bond donors (Lipinski definition) is 1. The number of aromatic amines is 1. The molecule has 0 fully saturated rings. The van der Waals surface area contributed by atoms with Crippen LogP contribution in [0.2, 0.25) is 0 Å². The number of pyridine rings is 1. The third-order valence-corrected chi connectivity index (χ3v) is 4.72. The number of carbonyl (C=O) groups is 1. The van der Waals surface area contributed by atoms with E-state index in [1.165, 1.54) is 12.3 Å². The molecule has 1 aliphatic heterocycles. The minimum Gasteiger partial charge on any atom is -0.340 e. The Hall–Kier alpha value is -2.83. The van der Waals surface area contributed by atoms with Crippen molar-refractivity contribution in [3.63, 3.8) is 0 Å². The van der Waals surface area contributed by atoms with Gasteiger partial charge in [0.2, 0.25) is 0 Å². The zero-order chi connectivity index (χ0) is 17.7. The molecule has 0 radical (unpaired) electrons. The van der Waals surface area contributed by atoms with Crippen LogP contribution < -0.4 is 0 Å². The van der Waals surface area contributed by atoms with Gasteiger partial charge in [0.25, 0.3) is 5.91 Å². The summed E-state index contributed by atoms with van der Waals surface area (Å²) < 4.78 is 27.6. The minimum absolute atomic E-state index is 0.209. The highest BCUT2D eigenvalue weighted by Gasteiger charge is 2.31. The number of aryl methyl sites for hydroxylation is 1. The third kappa shape index (κ3) is 2.47. The number of nitrogens with one attached hydrogen (secondary N) is 1. The van der Waals surface area contributed by atoms with E-state index in [-0.39, 0.29) is 5.91 Å². The van der Waals surface area contributed by atoms with Crippen LogP contribution in [0.3, 0.4) is 0 Å². The standard InChI is InChI=1S/C18H16F2N4O/c1-9-14-7-11(19)8-15(20)12(14)4-6-24(9)18(25)13-3-5-21-17-16(13)22-10(2)23-17/h3,5,7-9H,4,6H2,1-2H3,(H,21,22,23). The zero-order valence-corrected chi connectivity index (χ0v) is 13.8. The van der Waals surface area contributed by atoms with Gasteiger partial charge in [0.15, 0.2) is 5.65 Å². The second-order valence-corrected chi connectivity index (χ2v) is 6.26. The molecule has 0 aliphatic carbocycles. The first kappa shape index (κ1) is 15.7. The van der Waals surface area contributed by atoms with Gasteiger partial charge < -0.3 is 9.88 Å². The van der Waals surface area contributed by atoms with Crippen LogP contribution in [0, 0.1) is 18.6 Å². The van der Waals surface area contributed by atoms with Crippen molar-refractivity contribution >= 4 is 17.1 Å². The van der Waals surface area contributed by atoms with Gasteiger partial charge in [-0.05, 0) is 43.5 Å². The van der Waals surface area contributed by atoms with Gasteiger partial charge >= 0.3 is 0 Å². The van der Waals surface area contributed by atoms with Gasteiger partial charge in [0.1, 0.15) is 17.5 Å². The van der Waals surface area contributed by atoms with Crippen LogP contribution >= 0.6 is 0 Å². The van der Waals surface area contributed by atoms with Gasteiger partial charge in [-0.3, -0.25) is 4.79 Å². The van der Waals surface area contributed by atoms with E-state index in [9.17, 15) is 13.6 Å². The fraction of sp³-hybridized carbons (Fsp3) is 0.278. The summed E-state index contributed by atoms with van der Waals surface area (Å²) >= 11 is 0. The quantitative estimate of drug-likeness (QED) is 0.738. The third-order valence-electron chi connectivity index (χ3n) is 4.72. The lowest BCUT2D eigenvalue weighted by atomic mass is 9.92. The molecule has 0 bridgehead atoms. The molecule has 1 amide bonds. The van der Waals surface area contributed by atoms with Crippen molar-refractivity contribution in [1.29, 1.82) is 0 Å². The van der Waals surface area contributed by atoms with Crippen LogP contribution in [0.1, 0.15) is 40.3 Å². The highest BCUT2D eigenvalue weighted by Crippen LogP contribution is 2.33. The van der Waals surface area contributed by atoms with E-state index in [0.717, 1.165) is 6.07 Å². The second kappa shape index (κ2) is 5.61. The lowest BCUT2D eigenvalue weighted by molar-refractivity contribution is 0.0677. The van der Waals surface area contributed by atoms with Gasteiger partial charge in [-0.25, -0.2) is 18.7 Å². The van der Waals surface area contributed by atoms with Crippen molar-refractivity contribution in [2.24, 2.45) is 0 Å². The van der Waals surface area contributed by atoms with E-state index in [1.54, 1.807) is 24.8 Å². The summed E-state index contributed by atoms with van der Waals surface area (Å²) in [6, 6.07) is 3.42. The molecule has 0 saturated carbocycles. The number of halogens is 2. The Labute approximate surface area is 142 Å². The Morgan fingerprint density at radius 1 is 1.36 bits per heavy atom. The van der Waals surface area contributed by atoms with Crippen molar-refractivity contribution < 1.29 is 13.6 Å². The summed E-state index contributed by atoms with van der Waals surface area (Å²) in [7, 11) is 0. The Balaban J connectivity index is 1.76. The number of H-pyrrole nitrogens is 1. The number of nitrogens with zero attached hydrogens (tertiary/aromatic N) is 3. The number of fused-ring (bicyclic) bond motifs is 2. The molecular weight excluding hydrogens is 326 g/mol. The summed E-state index contributed by atoms with van der Waals surface area (Å²) in [6.07, 6.45) is 1.89. The number of benzene rings is 1. The van der Waals surface area contributed by atoms with Gasteiger partial charge in [-0.2, -0.15) is 0 Å². The highest BCUT2D eigenvalue weighted by atomic mass is 19.1. The first-order valence-electron chi connectivity index (χ1n) is 8.06. The summed E-state index contributed by atoms with van der Waals surface area (Å²) in [5, 5.41) is 0. The molecule has 3 heterocycles. The molecule has 0 spiro atoms. The van der Waals surface area contributed by atoms with Crippen molar-refractivity contribution in [2.45, 2.75) is 26.3 Å². The normalized spacial score (nSPS) is 17.0. The van der Waals surface area contributed by atoms with E-state index in [0.29, 0.717) is 46.6 Å². The van der Waals surface area contributed by atoms with Crippen molar-refractivity contribution in [3.8, 4) is 0 Å². The van der Waals surface area contributed by atoms with Crippen molar-refractivity contribution in [3.05, 3.63) is 58.5 Å². The maximum Gasteiger partial charge on any atom is 0.256 e. The first-order valence-corrected chi connectivity index (χ1v) is 8.06. The molecular formula is C18H16F2N4O. The van der Waals surface area contributed by atoms with E-state index >= 15 is 0 Å². The molecule has 1 N–H and O–H groups in total. The minimum atomic E-state index is -0.632. The van der Waals surface area contributed by atoms with E-state index in [4.69, 9.17) is 0 Å². The predicted octanol–water partition coefficient (Wildman–Crippen LogP) is 3.30. The summed E-state index contributed by atoms with van der Waals surface area (Å²) in [5.41, 5.74) is 2.51. The molecule has 7 heteroatoms. The molecule has 25 heavy (non-hydrogen) atoms. The van der Waals surface area contributed by atoms with Gasteiger partial charge in [-0.1, -0.05) is 0 Å². The molecule has 128 valence electrons. The van der Waals surface area contributed by atoms with Gasteiger partial charge in [0.05, 0.1) is 17.1 Å². The molecule has 1 unspecified atom stereocenters. The van der Waals surface area contributed by atoms with E-state index < -0.39 is 17.7 Å². The first-order chi connectivity index (χ1) is 12.0. The molecule has 1 atom stereocenters. The Kier molecular flexibility index (Phi) is 3.52. The van der Waals surface area contributed by atoms with Crippen molar-refractivity contribution in [2.75, 3.05) is 6.54 Å². The number of amides is 1. The largest absolute Gasteiger partial charge is 0.340 e. The summed E-state index contributed by atoms with van der Waals surface area (Å²) in [5.74, 6) is -0.722. The Morgan fingerprint density at radius 3 is 2.96 bits per heavy atom. The smallest absolute Gasteiger partial charge is 0.256 e. The maximum atomic E-state index is 14.0. The highest BCUT2D eigenvalue weighted by molar-refractivity contribution is 6.04. The van der Waals surface area contributed by atoms with Crippen LogP contribution in [0.15, 0.2) is 24.4 Å². The lowest BCUT2D eigenvalue weighted by Gasteiger charge is -2.35. The monoisotopic (exact) mass is 342 g/mol. The van der Waals surface area contributed by atoms with Crippen LogP contribution in [0.4, 0.5) is 8.78 Å². The average molecular weight is 342 g/mol. The number of aromatic nitrogens is 3. The SMILES string of the molecule is Cc1nc2nccc(C(=O)N3CCc4c(F)cc(F)cc4C3C)c2[nH]1. The van der Waals surface area contributed by atoms with Crippen molar-refractivity contribution in [1.82, 2.24) is 19.9 Å². The van der Waals surface area contributed by atoms with E-state index in [2.05, 4.69) is 15.0 Å². The molecule has 1 aromatic carbocycles. The molecule has 2 aromatic heterocycles. The molecule has 3 aromatic rings. The molecule has 1 aliphatic rings. The van der Waals surface area contributed by atoms with Crippen LogP contribution in [-0.4, -0.2) is 32.3 Å². The summed E-state index contributed by atoms with van der Waals surface area (Å²) in [6.45, 7) is 3.94. The maximum absolute atomic E-state index is 14.0. The number of carbonyl (C=O) groups excluding carboxylic acids is 1. The van der Waals surface area contributed by atoms with Crippen LogP contribution in [-0.2, 0) is 6.42 Å². The van der Waals surface area contributed by atoms with Crippen LogP contribution in [0.25, 0.3) is 11.2 Å². The van der Waals surface area contributed by atoms with Crippen LogP contribution in [0.5, 0.6) is 0 Å². The Morgan fingerprint density at radius 2 is 2.16 bits per heavy atom. The Bertz CT molecular complexity index is 998. The van der Waals surface area contributed by atoms with Gasteiger partial charge in [-0.15, -0.1) is 0 Å². The van der Waals surface area contributed by atoms with E-state index in [1.807, 2.05) is 0 Å².